The lowest BCUT2D eigenvalue weighted by Crippen LogP contribution is -2.40. The summed E-state index contributed by atoms with van der Waals surface area (Å²) in [5, 5.41) is 6.40. The summed E-state index contributed by atoms with van der Waals surface area (Å²) in [6.45, 7) is 1.74. The van der Waals surface area contributed by atoms with Crippen molar-refractivity contribution < 1.29 is 9.53 Å². The molecule has 3 rings (SSSR count). The molecule has 2 heterocycles. The zero-order chi connectivity index (χ0) is 13.8. The fraction of sp³-hybridized carbons (Fsp3) is 0.562. The first-order chi connectivity index (χ1) is 9.83. The zero-order valence-electron chi connectivity index (χ0n) is 11.7. The van der Waals surface area contributed by atoms with E-state index >= 15 is 0 Å². The third kappa shape index (κ3) is 3.19. The molecular weight excluding hydrogens is 252 g/mol. The molecule has 4 nitrogen and oxygen atoms in total. The summed E-state index contributed by atoms with van der Waals surface area (Å²) >= 11 is 0. The topological polar surface area (TPSA) is 50.4 Å². The summed E-state index contributed by atoms with van der Waals surface area (Å²) < 4.78 is 5.60. The molecule has 0 aliphatic carbocycles. The van der Waals surface area contributed by atoms with E-state index in [1.807, 2.05) is 18.2 Å². The van der Waals surface area contributed by atoms with Crippen LogP contribution >= 0.6 is 0 Å². The number of carbonyl (C=O) groups excluding carboxylic acids is 1. The summed E-state index contributed by atoms with van der Waals surface area (Å²) in [6.07, 6.45) is 5.50. The van der Waals surface area contributed by atoms with Gasteiger partial charge in [-0.1, -0.05) is 18.2 Å². The molecular formula is C16H22N2O2. The highest BCUT2D eigenvalue weighted by atomic mass is 16.5. The van der Waals surface area contributed by atoms with E-state index in [1.165, 1.54) is 12.0 Å². The molecule has 0 spiro atoms. The molecule has 2 unspecified atom stereocenters. The van der Waals surface area contributed by atoms with Crippen molar-refractivity contribution in [1.82, 2.24) is 5.32 Å². The maximum atomic E-state index is 12.2. The molecule has 1 fully saturated rings. The molecule has 0 bridgehead atoms. The summed E-state index contributed by atoms with van der Waals surface area (Å²) in [4.78, 5) is 12.2. The van der Waals surface area contributed by atoms with Crippen molar-refractivity contribution >= 4 is 11.6 Å². The van der Waals surface area contributed by atoms with Gasteiger partial charge in [0.05, 0.1) is 12.1 Å². The number of aryl methyl sites for hydroxylation is 1. The minimum Gasteiger partial charge on any atom is -0.378 e. The minimum absolute atomic E-state index is 0.0855. The van der Waals surface area contributed by atoms with Crippen LogP contribution in [0, 0.1) is 0 Å². The van der Waals surface area contributed by atoms with Crippen LogP contribution in [-0.4, -0.2) is 31.2 Å². The lowest BCUT2D eigenvalue weighted by Gasteiger charge is -2.16. The first kappa shape index (κ1) is 13.6. The highest BCUT2D eigenvalue weighted by Crippen LogP contribution is 2.21. The highest BCUT2D eigenvalue weighted by molar-refractivity contribution is 5.96. The molecule has 0 saturated carbocycles. The molecule has 1 aromatic carbocycles. The maximum Gasteiger partial charge on any atom is 0.241 e. The van der Waals surface area contributed by atoms with Crippen molar-refractivity contribution in [3.05, 3.63) is 29.8 Å². The molecule has 0 radical (unpaired) electrons. The van der Waals surface area contributed by atoms with Crippen LogP contribution in [0.5, 0.6) is 0 Å². The van der Waals surface area contributed by atoms with E-state index in [4.69, 9.17) is 4.74 Å². The van der Waals surface area contributed by atoms with Gasteiger partial charge in [0.25, 0.3) is 0 Å². The number of amides is 1. The van der Waals surface area contributed by atoms with Gasteiger partial charge < -0.3 is 15.4 Å². The fourth-order valence-electron chi connectivity index (χ4n) is 3.00. The molecule has 2 aliphatic rings. The Bertz CT molecular complexity index is 469. The largest absolute Gasteiger partial charge is 0.378 e. The van der Waals surface area contributed by atoms with Gasteiger partial charge in [0, 0.05) is 12.3 Å². The Kier molecular flexibility index (Phi) is 4.33. The van der Waals surface area contributed by atoms with Crippen molar-refractivity contribution in [3.63, 3.8) is 0 Å². The number of hydrogen-bond acceptors (Lipinski definition) is 3. The van der Waals surface area contributed by atoms with Gasteiger partial charge in [0.2, 0.25) is 5.91 Å². The monoisotopic (exact) mass is 274 g/mol. The predicted octanol–water partition coefficient (Wildman–Crippen LogP) is 2.10. The van der Waals surface area contributed by atoms with Crippen LogP contribution in [-0.2, 0) is 16.0 Å². The molecule has 1 saturated heterocycles. The first-order valence-electron chi connectivity index (χ1n) is 7.57. The third-order valence-electron chi connectivity index (χ3n) is 4.18. The first-order valence-corrected chi connectivity index (χ1v) is 7.57. The Morgan fingerprint density at radius 1 is 1.30 bits per heavy atom. The lowest BCUT2D eigenvalue weighted by molar-refractivity contribution is -0.118. The summed E-state index contributed by atoms with van der Waals surface area (Å²) in [5.41, 5.74) is 2.19. The quantitative estimate of drug-likeness (QED) is 0.884. The number of hydrogen-bond donors (Lipinski definition) is 2. The van der Waals surface area contributed by atoms with Gasteiger partial charge in [-0.15, -0.1) is 0 Å². The number of fused-ring (bicyclic) bond motifs is 1. The van der Waals surface area contributed by atoms with E-state index in [-0.39, 0.29) is 11.9 Å². The Hall–Kier alpha value is -1.39. The molecule has 2 aliphatic heterocycles. The Morgan fingerprint density at radius 3 is 3.05 bits per heavy atom. The van der Waals surface area contributed by atoms with E-state index in [1.54, 1.807) is 0 Å². The van der Waals surface area contributed by atoms with Crippen LogP contribution in [0.15, 0.2) is 24.3 Å². The number of ether oxygens (including phenoxy) is 1. The van der Waals surface area contributed by atoms with Gasteiger partial charge in [-0.3, -0.25) is 4.79 Å². The molecule has 1 amide bonds. The highest BCUT2D eigenvalue weighted by Gasteiger charge is 2.23. The van der Waals surface area contributed by atoms with E-state index < -0.39 is 0 Å². The van der Waals surface area contributed by atoms with Gasteiger partial charge in [-0.25, -0.2) is 0 Å². The van der Waals surface area contributed by atoms with Crippen molar-refractivity contribution in [2.24, 2.45) is 0 Å². The average molecular weight is 274 g/mol. The van der Waals surface area contributed by atoms with Crippen molar-refractivity contribution in [3.8, 4) is 0 Å². The number of anilines is 1. The molecule has 20 heavy (non-hydrogen) atoms. The second-order valence-corrected chi connectivity index (χ2v) is 5.62. The van der Waals surface area contributed by atoms with Gasteiger partial charge in [0.1, 0.15) is 0 Å². The summed E-state index contributed by atoms with van der Waals surface area (Å²) in [6, 6.07) is 7.95. The lowest BCUT2D eigenvalue weighted by atomic mass is 10.1. The normalized spacial score (nSPS) is 25.9. The molecule has 108 valence electrons. The SMILES string of the molecule is O=C1Nc2ccccc2CCC1NCCC1CCCO1. The van der Waals surface area contributed by atoms with Crippen LogP contribution < -0.4 is 10.6 Å². The maximum absolute atomic E-state index is 12.2. The van der Waals surface area contributed by atoms with Gasteiger partial charge >= 0.3 is 0 Å². The zero-order valence-corrected chi connectivity index (χ0v) is 11.7. The molecule has 1 aromatic rings. The van der Waals surface area contributed by atoms with Crippen molar-refractivity contribution in [2.45, 2.75) is 44.2 Å². The van der Waals surface area contributed by atoms with Gasteiger partial charge in [0.15, 0.2) is 0 Å². The van der Waals surface area contributed by atoms with Crippen LogP contribution in [0.3, 0.4) is 0 Å². The number of rotatable bonds is 4. The second kappa shape index (κ2) is 6.37. The molecule has 4 heteroatoms. The predicted molar refractivity (Wildman–Crippen MR) is 78.8 cm³/mol. The van der Waals surface area contributed by atoms with Crippen LogP contribution in [0.4, 0.5) is 5.69 Å². The van der Waals surface area contributed by atoms with Crippen LogP contribution in [0.25, 0.3) is 0 Å². The molecule has 2 atom stereocenters. The van der Waals surface area contributed by atoms with E-state index in [0.717, 1.165) is 44.5 Å². The number of benzene rings is 1. The van der Waals surface area contributed by atoms with Crippen molar-refractivity contribution in [2.75, 3.05) is 18.5 Å². The Balaban J connectivity index is 1.52. The van der Waals surface area contributed by atoms with E-state index in [9.17, 15) is 4.79 Å². The number of para-hydroxylation sites is 1. The second-order valence-electron chi connectivity index (χ2n) is 5.62. The van der Waals surface area contributed by atoms with Gasteiger partial charge in [-0.2, -0.15) is 0 Å². The average Bonchev–Trinajstić information content (AvgIpc) is 2.91. The standard InChI is InChI=1S/C16H22N2O2/c19-16-15(17-10-9-13-5-3-11-20-13)8-7-12-4-1-2-6-14(12)18-16/h1-2,4,6,13,15,17H,3,5,7-11H2,(H,18,19). The minimum atomic E-state index is -0.0937. The Morgan fingerprint density at radius 2 is 2.20 bits per heavy atom. The fourth-order valence-corrected chi connectivity index (χ4v) is 3.00. The summed E-state index contributed by atoms with van der Waals surface area (Å²) in [5.74, 6) is 0.0855. The van der Waals surface area contributed by atoms with E-state index in [2.05, 4.69) is 16.7 Å². The molecule has 2 N–H and O–H groups in total. The van der Waals surface area contributed by atoms with Gasteiger partial charge in [-0.05, 0) is 50.3 Å². The van der Waals surface area contributed by atoms with Crippen LogP contribution in [0.1, 0.15) is 31.2 Å². The van der Waals surface area contributed by atoms with Crippen molar-refractivity contribution in [1.29, 1.82) is 0 Å². The molecule has 0 aromatic heterocycles. The van der Waals surface area contributed by atoms with Crippen LogP contribution in [0.2, 0.25) is 0 Å². The Labute approximate surface area is 119 Å². The smallest absolute Gasteiger partial charge is 0.241 e. The number of carbonyl (C=O) groups is 1. The number of nitrogens with one attached hydrogen (secondary N) is 2. The summed E-state index contributed by atoms with van der Waals surface area (Å²) in [7, 11) is 0. The third-order valence-corrected chi connectivity index (χ3v) is 4.18. The van der Waals surface area contributed by atoms with E-state index in [0.29, 0.717) is 6.10 Å².